The molecule has 2 aliphatic rings. The van der Waals surface area contributed by atoms with E-state index in [1.807, 2.05) is 0 Å². The van der Waals surface area contributed by atoms with Crippen LogP contribution in [0.15, 0.2) is 63.8 Å². The smallest absolute Gasteiger partial charge is 0.336 e. The highest BCUT2D eigenvalue weighted by molar-refractivity contribution is 6.09. The number of unbranched alkanes of at least 4 members (excludes halogenated alkanes) is 1. The van der Waals surface area contributed by atoms with Gasteiger partial charge in [-0.3, -0.25) is 14.4 Å². The van der Waals surface area contributed by atoms with Gasteiger partial charge in [-0.25, -0.2) is 4.79 Å². The first-order chi connectivity index (χ1) is 17.7. The summed E-state index contributed by atoms with van der Waals surface area (Å²) in [4.78, 5) is 47.9. The van der Waals surface area contributed by atoms with Crippen molar-refractivity contribution in [2.75, 3.05) is 6.54 Å². The molecule has 4 rings (SSSR count). The Labute approximate surface area is 210 Å². The van der Waals surface area contributed by atoms with Crippen molar-refractivity contribution in [2.45, 2.75) is 25.3 Å². The number of carbonyl (C=O) groups is 3. The van der Waals surface area contributed by atoms with Gasteiger partial charge in [0.1, 0.15) is 17.1 Å². The molecule has 0 aromatic heterocycles. The molecule has 190 valence electrons. The molecular weight excluding hydrogens is 478 g/mol. The lowest BCUT2D eigenvalue weighted by Gasteiger charge is -2.17. The highest BCUT2D eigenvalue weighted by Gasteiger charge is 2.23. The van der Waals surface area contributed by atoms with Crippen molar-refractivity contribution in [3.63, 3.8) is 0 Å². The maximum absolute atomic E-state index is 12.7. The van der Waals surface area contributed by atoms with Crippen LogP contribution in [0.3, 0.4) is 0 Å². The standard InChI is InChI=1S/C27H25N3O7/c28-21(25(29)33)3-1-2-10-30-26(34)14-4-7-17(20(11-14)27(35)36)24-18-8-5-15(31)12-22(18)37-23-13-16(32)6-9-19(23)24/h4-9,11-13,21,31H,1-3,10,28H2,(H2,29,33)(H,30,34)(H,35,36). The van der Waals surface area contributed by atoms with Crippen LogP contribution in [0.4, 0.5) is 0 Å². The number of nitrogens with two attached hydrogens (primary N) is 2. The second-order valence-corrected chi connectivity index (χ2v) is 8.64. The molecule has 2 amide bonds. The third kappa shape index (κ3) is 5.44. The number of carboxylic acid groups (broad SMARTS) is 1. The molecule has 1 heterocycles. The van der Waals surface area contributed by atoms with Gasteiger partial charge in [-0.2, -0.15) is 0 Å². The number of phenolic OH excluding ortho intramolecular Hbond substituents is 1. The van der Waals surface area contributed by atoms with Crippen LogP contribution >= 0.6 is 0 Å². The molecule has 2 aromatic rings. The van der Waals surface area contributed by atoms with E-state index < -0.39 is 23.8 Å². The average Bonchev–Trinajstić information content (AvgIpc) is 2.86. The molecule has 1 aliphatic heterocycles. The van der Waals surface area contributed by atoms with E-state index in [1.165, 1.54) is 42.5 Å². The maximum Gasteiger partial charge on any atom is 0.336 e. The molecule has 1 unspecified atom stereocenters. The molecule has 0 saturated carbocycles. The number of phenols is 1. The number of hydrogen-bond donors (Lipinski definition) is 5. The zero-order valence-corrected chi connectivity index (χ0v) is 19.7. The lowest BCUT2D eigenvalue weighted by Crippen LogP contribution is -2.36. The zero-order valence-electron chi connectivity index (χ0n) is 19.7. The van der Waals surface area contributed by atoms with Gasteiger partial charge in [-0.15, -0.1) is 0 Å². The lowest BCUT2D eigenvalue weighted by atomic mass is 9.90. The number of hydrogen-bond acceptors (Lipinski definition) is 7. The number of rotatable bonds is 9. The van der Waals surface area contributed by atoms with Crippen molar-refractivity contribution in [1.29, 1.82) is 0 Å². The summed E-state index contributed by atoms with van der Waals surface area (Å²) in [5.41, 5.74) is 12.1. The minimum Gasteiger partial charge on any atom is -0.508 e. The summed E-state index contributed by atoms with van der Waals surface area (Å²) in [5, 5.41) is 23.2. The topological polar surface area (TPSA) is 186 Å². The second kappa shape index (κ2) is 10.5. The van der Waals surface area contributed by atoms with E-state index >= 15 is 0 Å². The third-order valence-corrected chi connectivity index (χ3v) is 6.05. The van der Waals surface area contributed by atoms with Gasteiger partial charge >= 0.3 is 5.97 Å². The van der Waals surface area contributed by atoms with Crippen LogP contribution in [0.25, 0.3) is 33.4 Å². The number of carbonyl (C=O) groups excluding carboxylic acids is 2. The van der Waals surface area contributed by atoms with Gasteiger partial charge in [-0.05, 0) is 61.2 Å². The van der Waals surface area contributed by atoms with E-state index in [9.17, 15) is 29.4 Å². The van der Waals surface area contributed by atoms with E-state index in [0.29, 0.717) is 47.9 Å². The Hall–Kier alpha value is -4.70. The number of primary amides is 1. The number of amides is 2. The van der Waals surface area contributed by atoms with E-state index in [0.717, 1.165) is 0 Å². The van der Waals surface area contributed by atoms with Crippen LogP contribution < -0.4 is 22.2 Å². The first-order valence-corrected chi connectivity index (χ1v) is 11.6. The molecule has 0 fully saturated rings. The van der Waals surface area contributed by atoms with E-state index in [-0.39, 0.29) is 33.6 Å². The molecule has 2 aromatic carbocycles. The molecule has 0 saturated heterocycles. The number of fused-ring (bicyclic) bond motifs is 2. The van der Waals surface area contributed by atoms with Crippen LogP contribution in [-0.2, 0) is 4.79 Å². The Kier molecular flexibility index (Phi) is 7.21. The van der Waals surface area contributed by atoms with Crippen LogP contribution in [0.2, 0.25) is 0 Å². The highest BCUT2D eigenvalue weighted by atomic mass is 16.4. The van der Waals surface area contributed by atoms with Crippen molar-refractivity contribution in [1.82, 2.24) is 5.32 Å². The van der Waals surface area contributed by atoms with Crippen LogP contribution in [0.5, 0.6) is 5.75 Å². The van der Waals surface area contributed by atoms with Crippen molar-refractivity contribution >= 4 is 28.8 Å². The second-order valence-electron chi connectivity index (χ2n) is 8.64. The molecule has 10 heteroatoms. The molecule has 37 heavy (non-hydrogen) atoms. The van der Waals surface area contributed by atoms with Gasteiger partial charge < -0.3 is 31.4 Å². The van der Waals surface area contributed by atoms with Crippen molar-refractivity contribution < 1.29 is 29.0 Å². The summed E-state index contributed by atoms with van der Waals surface area (Å²) in [6, 6.07) is 12.3. The van der Waals surface area contributed by atoms with Gasteiger partial charge in [0.15, 0.2) is 5.43 Å². The fourth-order valence-corrected chi connectivity index (χ4v) is 4.17. The number of aromatic carboxylic acids is 1. The average molecular weight is 504 g/mol. The summed E-state index contributed by atoms with van der Waals surface area (Å²) >= 11 is 0. The monoisotopic (exact) mass is 503 g/mol. The van der Waals surface area contributed by atoms with Crippen molar-refractivity contribution in [3.8, 4) is 28.2 Å². The van der Waals surface area contributed by atoms with Gasteiger partial charge in [0, 0.05) is 40.8 Å². The minimum absolute atomic E-state index is 0.0538. The lowest BCUT2D eigenvalue weighted by molar-refractivity contribution is -0.119. The van der Waals surface area contributed by atoms with Crippen molar-refractivity contribution in [2.24, 2.45) is 11.5 Å². The Balaban J connectivity index is 1.68. The number of benzene rings is 3. The van der Waals surface area contributed by atoms with Crippen LogP contribution in [0.1, 0.15) is 40.0 Å². The quantitative estimate of drug-likeness (QED) is 0.170. The number of nitrogens with one attached hydrogen (secondary N) is 1. The maximum atomic E-state index is 12.7. The predicted molar refractivity (Wildman–Crippen MR) is 137 cm³/mol. The van der Waals surface area contributed by atoms with Crippen LogP contribution in [0, 0.1) is 0 Å². The molecule has 1 aliphatic carbocycles. The van der Waals surface area contributed by atoms with Gasteiger partial charge in [0.2, 0.25) is 5.91 Å². The fourth-order valence-electron chi connectivity index (χ4n) is 4.17. The molecule has 1 atom stereocenters. The van der Waals surface area contributed by atoms with E-state index in [2.05, 4.69) is 5.32 Å². The predicted octanol–water partition coefficient (Wildman–Crippen LogP) is 2.68. The number of aromatic hydroxyl groups is 1. The Morgan fingerprint density at radius 1 is 0.973 bits per heavy atom. The largest absolute Gasteiger partial charge is 0.508 e. The minimum atomic E-state index is -1.24. The normalized spacial score (nSPS) is 11.9. The summed E-state index contributed by atoms with van der Waals surface area (Å²) in [6.45, 7) is 0.310. The van der Waals surface area contributed by atoms with Gasteiger partial charge in [-0.1, -0.05) is 6.07 Å². The summed E-state index contributed by atoms with van der Waals surface area (Å²) < 4.78 is 5.82. The molecule has 0 radical (unpaired) electrons. The molecule has 0 bridgehead atoms. The Morgan fingerprint density at radius 3 is 2.46 bits per heavy atom. The van der Waals surface area contributed by atoms with E-state index in [1.54, 1.807) is 12.1 Å². The van der Waals surface area contributed by atoms with Gasteiger partial charge in [0.05, 0.1) is 11.6 Å². The van der Waals surface area contributed by atoms with Gasteiger partial charge in [0.25, 0.3) is 5.91 Å². The molecule has 10 nitrogen and oxygen atoms in total. The highest BCUT2D eigenvalue weighted by Crippen LogP contribution is 2.42. The Bertz CT molecular complexity index is 1540. The summed E-state index contributed by atoms with van der Waals surface area (Å²) in [5.74, 6) is -2.10. The summed E-state index contributed by atoms with van der Waals surface area (Å²) in [6.07, 6.45) is 1.56. The fraction of sp³-hybridized carbons (Fsp3) is 0.185. The Morgan fingerprint density at radius 2 is 1.73 bits per heavy atom. The third-order valence-electron chi connectivity index (χ3n) is 6.05. The SMILES string of the molecule is NC(=O)C(N)CCCCNC(=O)c1ccc(-c2c3ccc(=O)cc-3oc3cc(O)ccc23)c(C(=O)O)c1. The zero-order chi connectivity index (χ0) is 26.7. The molecular formula is C27H25N3O7. The first kappa shape index (κ1) is 25.4. The number of carboxylic acids is 1. The molecule has 7 N–H and O–H groups in total. The van der Waals surface area contributed by atoms with E-state index in [4.69, 9.17) is 15.9 Å². The summed E-state index contributed by atoms with van der Waals surface area (Å²) in [7, 11) is 0. The van der Waals surface area contributed by atoms with Crippen molar-refractivity contribution in [3.05, 3.63) is 75.9 Å². The first-order valence-electron chi connectivity index (χ1n) is 11.6. The van der Waals surface area contributed by atoms with Crippen LogP contribution in [-0.4, -0.2) is 40.6 Å². The molecule has 0 spiro atoms.